The number of alkyl halides is 3. The van der Waals surface area contributed by atoms with Gasteiger partial charge in [0.05, 0.1) is 18.7 Å². The van der Waals surface area contributed by atoms with E-state index >= 15 is 0 Å². The molecule has 0 aliphatic carbocycles. The van der Waals surface area contributed by atoms with E-state index in [0.717, 1.165) is 34.8 Å². The molecule has 6 rings (SSSR count). The predicted octanol–water partition coefficient (Wildman–Crippen LogP) is 4.63. The smallest absolute Gasteiger partial charge is 0.452 e. The molecule has 45 heavy (non-hydrogen) atoms. The highest BCUT2D eigenvalue weighted by atomic mass is 32.2. The minimum atomic E-state index is -4.72. The van der Waals surface area contributed by atoms with Crippen molar-refractivity contribution in [3.8, 4) is 0 Å². The Balaban J connectivity index is 1.41. The van der Waals surface area contributed by atoms with Gasteiger partial charge < -0.3 is 10.0 Å². The van der Waals surface area contributed by atoms with Crippen molar-refractivity contribution < 1.29 is 31.5 Å². The Labute approximate surface area is 257 Å². The first-order valence-corrected chi connectivity index (χ1v) is 16.0. The normalized spacial score (nSPS) is 19.2. The number of hydrogen-bond donors (Lipinski definition) is 1. The molecule has 238 valence electrons. The molecule has 0 saturated carbocycles. The van der Waals surface area contributed by atoms with E-state index in [9.17, 15) is 31.5 Å². The van der Waals surface area contributed by atoms with Crippen molar-refractivity contribution in [1.82, 2.24) is 28.9 Å². The van der Waals surface area contributed by atoms with Crippen LogP contribution in [0.5, 0.6) is 0 Å². The van der Waals surface area contributed by atoms with Gasteiger partial charge in [-0.05, 0) is 80.5 Å². The Bertz CT molecular complexity index is 1910. The average Bonchev–Trinajstić information content (AvgIpc) is 3.40. The largest absolute Gasteiger partial charge is 0.481 e. The van der Waals surface area contributed by atoms with Crippen molar-refractivity contribution in [3.63, 3.8) is 0 Å². The standard InChI is InChI=1S/C30H32F3N7O4S/c1-17-12-25-28(34-14-17)39-10-5-4-6-20(39)15-38(45(25,43)44)16-24-18(2)7-8-23(35-24)22(13-26(41)42)21-9-11-40-27(19(21)3)36-37-29(40)30(31,32)33/h7-9,11-12,14,20,22H,4-6,10,13,15-16H2,1-3H3,(H,41,42)/t20-,22?/m1/s1. The molecule has 1 saturated heterocycles. The fourth-order valence-electron chi connectivity index (χ4n) is 6.36. The molecule has 1 unspecified atom stereocenters. The summed E-state index contributed by atoms with van der Waals surface area (Å²) in [4.78, 5) is 23.6. The summed E-state index contributed by atoms with van der Waals surface area (Å²) in [7, 11) is -3.97. The van der Waals surface area contributed by atoms with E-state index in [4.69, 9.17) is 4.98 Å². The summed E-state index contributed by atoms with van der Waals surface area (Å²) in [6, 6.07) is 6.44. The van der Waals surface area contributed by atoms with Gasteiger partial charge in [-0.25, -0.2) is 13.4 Å². The van der Waals surface area contributed by atoms with Crippen LogP contribution in [0.4, 0.5) is 19.0 Å². The third-order valence-electron chi connectivity index (χ3n) is 8.68. The van der Waals surface area contributed by atoms with Crippen LogP contribution in [0.25, 0.3) is 5.65 Å². The maximum Gasteiger partial charge on any atom is 0.452 e. The number of aliphatic carboxylic acids is 1. The number of sulfonamides is 1. The molecule has 1 N–H and O–H groups in total. The number of halogens is 3. The quantitative estimate of drug-likeness (QED) is 0.319. The van der Waals surface area contributed by atoms with Crippen LogP contribution in [0.1, 0.15) is 71.1 Å². The molecule has 15 heteroatoms. The van der Waals surface area contributed by atoms with Crippen molar-refractivity contribution in [2.24, 2.45) is 0 Å². The van der Waals surface area contributed by atoms with Gasteiger partial charge in [-0.15, -0.1) is 10.2 Å². The summed E-state index contributed by atoms with van der Waals surface area (Å²) in [5.74, 6) is -2.70. The Morgan fingerprint density at radius 2 is 1.91 bits per heavy atom. The fraction of sp³-hybridized carbons (Fsp3) is 0.433. The number of piperidine rings is 1. The van der Waals surface area contributed by atoms with E-state index in [1.807, 2.05) is 6.92 Å². The van der Waals surface area contributed by atoms with Crippen molar-refractivity contribution >= 4 is 27.5 Å². The third kappa shape index (κ3) is 5.63. The molecule has 0 amide bonds. The zero-order chi connectivity index (χ0) is 32.3. The first kappa shape index (κ1) is 30.9. The van der Waals surface area contributed by atoms with Crippen LogP contribution in [-0.4, -0.2) is 67.5 Å². The fourth-order valence-corrected chi connectivity index (χ4v) is 8.03. The number of pyridine rings is 3. The maximum atomic E-state index is 14.1. The Morgan fingerprint density at radius 3 is 2.64 bits per heavy atom. The molecule has 2 aliphatic heterocycles. The van der Waals surface area contributed by atoms with Crippen LogP contribution in [0.2, 0.25) is 0 Å². The molecule has 2 aliphatic rings. The van der Waals surface area contributed by atoms with E-state index < -0.39 is 40.3 Å². The number of aryl methyl sites for hydroxylation is 3. The summed E-state index contributed by atoms with van der Waals surface area (Å²) in [5.41, 5.74) is 2.98. The number of carboxylic acids is 1. The second-order valence-electron chi connectivity index (χ2n) is 11.7. The number of anilines is 1. The number of carbonyl (C=O) groups is 1. The van der Waals surface area contributed by atoms with Gasteiger partial charge in [-0.1, -0.05) is 6.07 Å². The summed E-state index contributed by atoms with van der Waals surface area (Å²) in [5, 5.41) is 16.9. The SMILES string of the molecule is Cc1cnc2c(c1)S(=O)(=O)N(Cc1nc(C(CC(=O)O)c3ccn4c(C(F)(F)F)nnc4c3C)ccc1C)C[C@H]1CCCCN21. The zero-order valence-corrected chi connectivity index (χ0v) is 25.7. The van der Waals surface area contributed by atoms with Gasteiger partial charge in [0.2, 0.25) is 15.8 Å². The minimum Gasteiger partial charge on any atom is -0.481 e. The third-order valence-corrected chi connectivity index (χ3v) is 10.5. The number of carboxylic acid groups (broad SMARTS) is 1. The monoisotopic (exact) mass is 643 g/mol. The number of rotatable bonds is 6. The molecule has 2 atom stereocenters. The number of aromatic nitrogens is 5. The number of nitrogens with zero attached hydrogens (tertiary/aromatic N) is 7. The van der Waals surface area contributed by atoms with Crippen molar-refractivity contribution in [2.45, 2.75) is 76.0 Å². The summed E-state index contributed by atoms with van der Waals surface area (Å²) < 4.78 is 70.9. The molecule has 0 radical (unpaired) electrons. The maximum absolute atomic E-state index is 14.1. The molecule has 0 bridgehead atoms. The summed E-state index contributed by atoms with van der Waals surface area (Å²) in [6.07, 6.45) is 0.461. The van der Waals surface area contributed by atoms with E-state index in [0.29, 0.717) is 34.9 Å². The lowest BCUT2D eigenvalue weighted by Gasteiger charge is -2.36. The average molecular weight is 644 g/mol. The van der Waals surface area contributed by atoms with Crippen LogP contribution >= 0.6 is 0 Å². The molecule has 6 heterocycles. The van der Waals surface area contributed by atoms with Gasteiger partial charge >= 0.3 is 12.1 Å². The van der Waals surface area contributed by atoms with Gasteiger partial charge in [0.25, 0.3) is 0 Å². The topological polar surface area (TPSA) is 134 Å². The number of hydrogen-bond acceptors (Lipinski definition) is 8. The van der Waals surface area contributed by atoms with Crippen molar-refractivity contribution in [2.75, 3.05) is 18.0 Å². The predicted molar refractivity (Wildman–Crippen MR) is 157 cm³/mol. The molecule has 11 nitrogen and oxygen atoms in total. The minimum absolute atomic E-state index is 0.0437. The summed E-state index contributed by atoms with van der Waals surface area (Å²) in [6.45, 7) is 6.08. The highest BCUT2D eigenvalue weighted by Crippen LogP contribution is 2.37. The molecular weight excluding hydrogens is 611 g/mol. The molecule has 0 spiro atoms. The lowest BCUT2D eigenvalue weighted by Crippen LogP contribution is -2.45. The van der Waals surface area contributed by atoms with Crippen molar-refractivity contribution in [1.29, 1.82) is 0 Å². The number of fused-ring (bicyclic) bond motifs is 4. The highest BCUT2D eigenvalue weighted by molar-refractivity contribution is 7.89. The van der Waals surface area contributed by atoms with Crippen LogP contribution in [0, 0.1) is 20.8 Å². The molecular formula is C30H32F3N7O4S. The van der Waals surface area contributed by atoms with E-state index in [-0.39, 0.29) is 29.7 Å². The van der Waals surface area contributed by atoms with Crippen LogP contribution in [-0.2, 0) is 27.5 Å². The zero-order valence-electron chi connectivity index (χ0n) is 24.9. The lowest BCUT2D eigenvalue weighted by atomic mass is 9.89. The molecule has 0 aromatic carbocycles. The Kier molecular flexibility index (Phi) is 7.80. The Morgan fingerprint density at radius 1 is 1.13 bits per heavy atom. The first-order chi connectivity index (χ1) is 21.3. The second kappa shape index (κ2) is 11.4. The lowest BCUT2D eigenvalue weighted by molar-refractivity contribution is -0.145. The van der Waals surface area contributed by atoms with Gasteiger partial charge in [0.15, 0.2) is 5.65 Å². The van der Waals surface area contributed by atoms with Crippen LogP contribution < -0.4 is 4.90 Å². The molecule has 4 aromatic heterocycles. The second-order valence-corrected chi connectivity index (χ2v) is 13.6. The first-order valence-electron chi connectivity index (χ1n) is 14.6. The van der Waals surface area contributed by atoms with E-state index in [1.165, 1.54) is 16.6 Å². The highest BCUT2D eigenvalue weighted by Gasteiger charge is 2.40. The van der Waals surface area contributed by atoms with Gasteiger partial charge in [-0.3, -0.25) is 14.2 Å². The van der Waals surface area contributed by atoms with Crippen molar-refractivity contribution in [3.05, 3.63) is 76.1 Å². The van der Waals surface area contributed by atoms with Gasteiger partial charge in [-0.2, -0.15) is 17.5 Å². The van der Waals surface area contributed by atoms with Gasteiger partial charge in [0, 0.05) is 43.1 Å². The molecule has 1 fully saturated rings. The van der Waals surface area contributed by atoms with Crippen LogP contribution in [0.15, 0.2) is 41.6 Å². The summed E-state index contributed by atoms with van der Waals surface area (Å²) >= 11 is 0. The van der Waals surface area contributed by atoms with Gasteiger partial charge in [0.1, 0.15) is 10.7 Å². The Hall–Kier alpha value is -4.11. The van der Waals surface area contributed by atoms with E-state index in [1.54, 1.807) is 38.2 Å². The molecule has 4 aromatic rings. The van der Waals surface area contributed by atoms with Crippen LogP contribution in [0.3, 0.4) is 0 Å². The van der Waals surface area contributed by atoms with E-state index in [2.05, 4.69) is 20.1 Å².